The molecule has 3 aromatic carbocycles. The number of rotatable bonds is 5. The van der Waals surface area contributed by atoms with Crippen molar-refractivity contribution in [1.29, 1.82) is 0 Å². The van der Waals surface area contributed by atoms with E-state index in [0.717, 1.165) is 35.7 Å². The highest BCUT2D eigenvalue weighted by molar-refractivity contribution is 6.00. The molecule has 3 nitrogen and oxygen atoms in total. The van der Waals surface area contributed by atoms with Crippen molar-refractivity contribution in [3.63, 3.8) is 0 Å². The number of carbonyl (C=O) groups is 1. The van der Waals surface area contributed by atoms with E-state index in [4.69, 9.17) is 4.74 Å². The van der Waals surface area contributed by atoms with Crippen LogP contribution in [0.15, 0.2) is 60.7 Å². The maximum absolute atomic E-state index is 12.7. The number of hydrogen-bond donors (Lipinski definition) is 1. The van der Waals surface area contributed by atoms with Crippen LogP contribution < -0.4 is 10.1 Å². The minimum absolute atomic E-state index is 0.111. The smallest absolute Gasteiger partial charge is 0.416 e. The highest BCUT2D eigenvalue weighted by atomic mass is 19.4. The summed E-state index contributed by atoms with van der Waals surface area (Å²) in [6, 6.07) is 15.5. The van der Waals surface area contributed by atoms with Gasteiger partial charge in [-0.2, -0.15) is 13.2 Å². The Morgan fingerprint density at radius 1 is 1.07 bits per heavy atom. The fourth-order valence-corrected chi connectivity index (χ4v) is 3.33. The summed E-state index contributed by atoms with van der Waals surface area (Å²) >= 11 is 0. The Labute approximate surface area is 166 Å². The van der Waals surface area contributed by atoms with Gasteiger partial charge in [-0.3, -0.25) is 4.79 Å². The molecule has 1 saturated carbocycles. The van der Waals surface area contributed by atoms with Gasteiger partial charge in [0.25, 0.3) is 5.91 Å². The Hall–Kier alpha value is -3.02. The van der Waals surface area contributed by atoms with Gasteiger partial charge in [0.1, 0.15) is 11.5 Å². The molecular formula is C23H20F3NO2. The first-order chi connectivity index (χ1) is 13.8. The molecule has 0 spiro atoms. The molecule has 0 heterocycles. The molecule has 1 amide bonds. The van der Waals surface area contributed by atoms with Crippen LogP contribution in [-0.2, 0) is 6.18 Å². The lowest BCUT2D eigenvalue weighted by atomic mass is 10.1. The topological polar surface area (TPSA) is 38.3 Å². The van der Waals surface area contributed by atoms with E-state index < -0.39 is 11.7 Å². The zero-order chi connectivity index (χ0) is 20.6. The van der Waals surface area contributed by atoms with Crippen LogP contribution in [0.1, 0.15) is 35.7 Å². The average molecular weight is 399 g/mol. The first-order valence-corrected chi connectivity index (χ1v) is 9.50. The summed E-state index contributed by atoms with van der Waals surface area (Å²) in [7, 11) is 0. The van der Waals surface area contributed by atoms with Gasteiger partial charge in [0, 0.05) is 17.0 Å². The highest BCUT2D eigenvalue weighted by Gasteiger charge is 2.30. The fraction of sp³-hybridized carbons (Fsp3) is 0.261. The van der Waals surface area contributed by atoms with E-state index in [9.17, 15) is 18.0 Å². The minimum atomic E-state index is -4.38. The Kier molecular flexibility index (Phi) is 4.94. The number of nitrogens with one attached hydrogen (secondary N) is 1. The second-order valence-corrected chi connectivity index (χ2v) is 7.42. The van der Waals surface area contributed by atoms with Crippen LogP contribution in [0.25, 0.3) is 10.8 Å². The molecule has 6 heteroatoms. The van der Waals surface area contributed by atoms with Gasteiger partial charge in [-0.05, 0) is 79.6 Å². The molecule has 0 bridgehead atoms. The van der Waals surface area contributed by atoms with Crippen molar-refractivity contribution in [1.82, 2.24) is 5.32 Å². The summed E-state index contributed by atoms with van der Waals surface area (Å²) < 4.78 is 43.9. The maximum atomic E-state index is 12.7. The Morgan fingerprint density at radius 3 is 2.45 bits per heavy atom. The number of halogens is 3. The number of benzene rings is 3. The van der Waals surface area contributed by atoms with E-state index in [2.05, 4.69) is 5.32 Å². The van der Waals surface area contributed by atoms with Gasteiger partial charge in [-0.25, -0.2) is 0 Å². The largest absolute Gasteiger partial charge is 0.457 e. The van der Waals surface area contributed by atoms with E-state index in [1.165, 1.54) is 12.1 Å². The molecule has 0 unspecified atom stereocenters. The summed E-state index contributed by atoms with van der Waals surface area (Å²) in [4.78, 5) is 12.5. The Bertz CT molecular complexity index is 1040. The van der Waals surface area contributed by atoms with Gasteiger partial charge in [-0.1, -0.05) is 12.1 Å². The van der Waals surface area contributed by atoms with Gasteiger partial charge in [0.05, 0.1) is 5.56 Å². The second-order valence-electron chi connectivity index (χ2n) is 7.42. The molecule has 1 aliphatic carbocycles. The summed E-state index contributed by atoms with van der Waals surface area (Å²) in [6.45, 7) is 2.02. The number of hydrogen-bond acceptors (Lipinski definition) is 2. The van der Waals surface area contributed by atoms with Crippen LogP contribution in [0.3, 0.4) is 0 Å². The van der Waals surface area contributed by atoms with Crippen LogP contribution in [-0.4, -0.2) is 11.9 Å². The van der Waals surface area contributed by atoms with Crippen molar-refractivity contribution in [3.05, 3.63) is 71.8 Å². The van der Waals surface area contributed by atoms with Crippen LogP contribution in [0, 0.1) is 5.92 Å². The normalized spacial score (nSPS) is 15.2. The van der Waals surface area contributed by atoms with Gasteiger partial charge in [0.15, 0.2) is 0 Å². The summed E-state index contributed by atoms with van der Waals surface area (Å²) in [5.41, 5.74) is -0.157. The van der Waals surface area contributed by atoms with E-state index in [-0.39, 0.29) is 11.9 Å². The maximum Gasteiger partial charge on any atom is 0.416 e. The fourth-order valence-electron chi connectivity index (χ4n) is 3.33. The van der Waals surface area contributed by atoms with Crippen LogP contribution in [0.2, 0.25) is 0 Å². The third kappa shape index (κ3) is 4.36. The van der Waals surface area contributed by atoms with Gasteiger partial charge >= 0.3 is 6.18 Å². The van der Waals surface area contributed by atoms with Crippen molar-refractivity contribution < 1.29 is 22.7 Å². The van der Waals surface area contributed by atoms with Crippen molar-refractivity contribution in [3.8, 4) is 11.5 Å². The predicted octanol–water partition coefficient (Wildman–Crippen LogP) is 6.18. The zero-order valence-corrected chi connectivity index (χ0v) is 15.8. The number of alkyl halides is 3. The minimum Gasteiger partial charge on any atom is -0.457 e. The monoisotopic (exact) mass is 399 g/mol. The zero-order valence-electron chi connectivity index (χ0n) is 15.8. The number of ether oxygens (including phenoxy) is 1. The van der Waals surface area contributed by atoms with Gasteiger partial charge in [-0.15, -0.1) is 0 Å². The molecule has 0 saturated heterocycles. The molecule has 3 aromatic rings. The van der Waals surface area contributed by atoms with Gasteiger partial charge in [0.2, 0.25) is 0 Å². The van der Waals surface area contributed by atoms with E-state index in [0.29, 0.717) is 23.0 Å². The summed E-state index contributed by atoms with van der Waals surface area (Å²) in [5.74, 6) is 1.29. The third-order valence-corrected chi connectivity index (χ3v) is 5.20. The molecule has 0 radical (unpaired) electrons. The highest BCUT2D eigenvalue weighted by Crippen LogP contribution is 2.34. The second kappa shape index (κ2) is 7.43. The molecule has 1 atom stereocenters. The average Bonchev–Trinajstić information content (AvgIpc) is 3.53. The van der Waals surface area contributed by atoms with Crippen molar-refractivity contribution in [2.75, 3.05) is 0 Å². The van der Waals surface area contributed by atoms with E-state index >= 15 is 0 Å². The molecule has 1 aliphatic rings. The van der Waals surface area contributed by atoms with Crippen molar-refractivity contribution >= 4 is 16.7 Å². The van der Waals surface area contributed by atoms with Gasteiger partial charge < -0.3 is 10.1 Å². The number of carbonyl (C=O) groups excluding carboxylic acids is 1. The lowest BCUT2D eigenvalue weighted by Crippen LogP contribution is -2.33. The summed E-state index contributed by atoms with van der Waals surface area (Å²) in [5, 5.41) is 4.63. The first-order valence-electron chi connectivity index (χ1n) is 9.50. The molecule has 150 valence electrons. The quantitative estimate of drug-likeness (QED) is 0.556. The Balaban J connectivity index is 1.55. The third-order valence-electron chi connectivity index (χ3n) is 5.20. The Morgan fingerprint density at radius 2 is 1.79 bits per heavy atom. The summed E-state index contributed by atoms with van der Waals surface area (Å²) in [6.07, 6.45) is -2.07. The van der Waals surface area contributed by atoms with E-state index in [1.807, 2.05) is 13.0 Å². The van der Waals surface area contributed by atoms with Crippen molar-refractivity contribution in [2.45, 2.75) is 32.0 Å². The molecule has 1 fully saturated rings. The predicted molar refractivity (Wildman–Crippen MR) is 105 cm³/mol. The lowest BCUT2D eigenvalue weighted by Gasteiger charge is -2.14. The van der Waals surface area contributed by atoms with E-state index in [1.54, 1.807) is 30.3 Å². The standard InChI is InChI=1S/C23H20F3NO2/c1-14(15-5-6-15)27-22(28)17-7-12-20-16(13-17)3-2-4-21(20)29-19-10-8-18(9-11-19)23(24,25)26/h2-4,7-15H,5-6H2,1H3,(H,27,28)/t14-/m1/s1. The molecule has 4 rings (SSSR count). The first kappa shape index (κ1) is 19.3. The molecular weight excluding hydrogens is 379 g/mol. The molecule has 1 N–H and O–H groups in total. The van der Waals surface area contributed by atoms with Crippen molar-refractivity contribution in [2.24, 2.45) is 5.92 Å². The molecule has 29 heavy (non-hydrogen) atoms. The number of fused-ring (bicyclic) bond motifs is 1. The van der Waals surface area contributed by atoms with Crippen LogP contribution in [0.4, 0.5) is 13.2 Å². The van der Waals surface area contributed by atoms with Crippen LogP contribution in [0.5, 0.6) is 11.5 Å². The molecule has 0 aromatic heterocycles. The number of amides is 1. The molecule has 0 aliphatic heterocycles. The lowest BCUT2D eigenvalue weighted by molar-refractivity contribution is -0.137. The van der Waals surface area contributed by atoms with Crippen LogP contribution >= 0.6 is 0 Å². The SMILES string of the molecule is C[C@@H](NC(=O)c1ccc2c(Oc3ccc(C(F)(F)F)cc3)cccc2c1)C1CC1.